The predicted octanol–water partition coefficient (Wildman–Crippen LogP) is 1.14. The molecule has 1 aromatic rings. The van der Waals surface area contributed by atoms with Crippen LogP contribution in [0.1, 0.15) is 6.42 Å². The Morgan fingerprint density at radius 3 is 2.48 bits per heavy atom. The molecule has 1 unspecified atom stereocenters. The summed E-state index contributed by atoms with van der Waals surface area (Å²) in [5.74, 6) is 0. The molecular formula is C14H19BrN4O9S. The van der Waals surface area contributed by atoms with E-state index in [1.807, 2.05) is 0 Å². The molecule has 0 spiro atoms. The lowest BCUT2D eigenvalue weighted by atomic mass is 10.1. The van der Waals surface area contributed by atoms with Crippen molar-refractivity contribution in [2.45, 2.75) is 12.5 Å². The van der Waals surface area contributed by atoms with Crippen molar-refractivity contribution in [3.8, 4) is 0 Å². The van der Waals surface area contributed by atoms with Crippen molar-refractivity contribution in [2.24, 2.45) is 0 Å². The summed E-state index contributed by atoms with van der Waals surface area (Å²) in [5, 5.41) is 34.0. The van der Waals surface area contributed by atoms with Crippen LogP contribution in [0.25, 0.3) is 0 Å². The van der Waals surface area contributed by atoms with Crippen LogP contribution in [0, 0.1) is 20.2 Å². The molecule has 0 saturated heterocycles. The quantitative estimate of drug-likeness (QED) is 0.195. The Morgan fingerprint density at radius 2 is 2.00 bits per heavy atom. The van der Waals surface area contributed by atoms with E-state index in [4.69, 9.17) is 9.29 Å². The Balaban J connectivity index is 3.52. The molecule has 29 heavy (non-hydrogen) atoms. The Hall–Kier alpha value is -2.36. The number of halogens is 1. The standard InChI is InChI=1S/C14H19BrN4O9S/c1-29(26,27)28-9-11(4-5-15)17(14(21)16-6-7-20)12-3-2-10(18(22)23)8-13(12)19(24)25/h2-3,8,11,20H,4-7,9H2,1H3,(H,16,21). The van der Waals surface area contributed by atoms with E-state index in [9.17, 15) is 33.4 Å². The van der Waals surface area contributed by atoms with E-state index in [1.54, 1.807) is 0 Å². The Kier molecular flexibility index (Phi) is 9.35. The maximum Gasteiger partial charge on any atom is 0.322 e. The molecule has 0 aliphatic rings. The van der Waals surface area contributed by atoms with Crippen LogP contribution in [0.2, 0.25) is 0 Å². The first-order chi connectivity index (χ1) is 13.5. The molecule has 1 atom stereocenters. The van der Waals surface area contributed by atoms with E-state index in [0.29, 0.717) is 6.07 Å². The largest absolute Gasteiger partial charge is 0.395 e. The third-order valence-electron chi connectivity index (χ3n) is 3.51. The number of rotatable bonds is 11. The van der Waals surface area contributed by atoms with E-state index < -0.39 is 56.6 Å². The number of nitrogens with one attached hydrogen (secondary N) is 1. The van der Waals surface area contributed by atoms with Crippen LogP contribution >= 0.6 is 15.9 Å². The van der Waals surface area contributed by atoms with Gasteiger partial charge >= 0.3 is 6.03 Å². The number of aliphatic hydroxyl groups excluding tert-OH is 1. The van der Waals surface area contributed by atoms with Crippen LogP contribution in [-0.4, -0.2) is 66.8 Å². The van der Waals surface area contributed by atoms with Crippen LogP contribution in [0.5, 0.6) is 0 Å². The normalized spacial score (nSPS) is 12.2. The molecule has 2 amide bonds. The fourth-order valence-corrected chi connectivity index (χ4v) is 3.24. The van der Waals surface area contributed by atoms with E-state index in [2.05, 4.69) is 21.2 Å². The zero-order chi connectivity index (χ0) is 22.2. The first-order valence-electron chi connectivity index (χ1n) is 8.03. The fourth-order valence-electron chi connectivity index (χ4n) is 2.31. The molecule has 0 bridgehead atoms. The number of carbonyl (C=O) groups is 1. The molecule has 0 aliphatic carbocycles. The average Bonchev–Trinajstić information content (AvgIpc) is 2.63. The Bertz CT molecular complexity index is 865. The first kappa shape index (κ1) is 24.7. The molecule has 0 heterocycles. The maximum atomic E-state index is 12.7. The van der Waals surface area contributed by atoms with Crippen LogP contribution < -0.4 is 10.2 Å². The lowest BCUT2D eigenvalue weighted by Gasteiger charge is -2.30. The average molecular weight is 499 g/mol. The number of urea groups is 1. The summed E-state index contributed by atoms with van der Waals surface area (Å²) in [6.45, 7) is -1.10. The van der Waals surface area contributed by atoms with Gasteiger partial charge in [0.05, 0.1) is 41.4 Å². The number of anilines is 1. The summed E-state index contributed by atoms with van der Waals surface area (Å²) in [6.07, 6.45) is 0.943. The van der Waals surface area contributed by atoms with Crippen molar-refractivity contribution >= 4 is 49.1 Å². The molecule has 0 radical (unpaired) electrons. The highest BCUT2D eigenvalue weighted by molar-refractivity contribution is 9.09. The monoisotopic (exact) mass is 498 g/mol. The summed E-state index contributed by atoms with van der Waals surface area (Å²) in [6, 6.07) is 0.847. The molecule has 0 aliphatic heterocycles. The lowest BCUT2D eigenvalue weighted by molar-refractivity contribution is -0.393. The fraction of sp³-hybridized carbons (Fsp3) is 0.500. The van der Waals surface area contributed by atoms with Gasteiger partial charge < -0.3 is 10.4 Å². The smallest absolute Gasteiger partial charge is 0.322 e. The van der Waals surface area contributed by atoms with Crippen molar-refractivity contribution < 1.29 is 32.3 Å². The summed E-state index contributed by atoms with van der Waals surface area (Å²) < 4.78 is 27.5. The molecule has 162 valence electrons. The molecule has 1 rings (SSSR count). The van der Waals surface area contributed by atoms with Gasteiger partial charge in [-0.15, -0.1) is 0 Å². The summed E-state index contributed by atoms with van der Waals surface area (Å²) >= 11 is 3.16. The van der Waals surface area contributed by atoms with Crippen LogP contribution in [0.3, 0.4) is 0 Å². The molecule has 2 N–H and O–H groups in total. The van der Waals surface area contributed by atoms with Crippen molar-refractivity contribution in [1.82, 2.24) is 5.32 Å². The molecule has 0 aromatic heterocycles. The van der Waals surface area contributed by atoms with Gasteiger partial charge in [0.1, 0.15) is 5.69 Å². The topological polar surface area (TPSA) is 182 Å². The predicted molar refractivity (Wildman–Crippen MR) is 106 cm³/mol. The molecular weight excluding hydrogens is 480 g/mol. The zero-order valence-corrected chi connectivity index (χ0v) is 17.6. The highest BCUT2D eigenvalue weighted by Crippen LogP contribution is 2.34. The van der Waals surface area contributed by atoms with E-state index in [-0.39, 0.29) is 24.0 Å². The second-order valence-corrected chi connectivity index (χ2v) is 8.07. The van der Waals surface area contributed by atoms with Gasteiger partial charge in [-0.2, -0.15) is 8.42 Å². The van der Waals surface area contributed by atoms with Gasteiger partial charge in [0.25, 0.3) is 21.5 Å². The highest BCUT2D eigenvalue weighted by atomic mass is 79.9. The molecule has 0 saturated carbocycles. The van der Waals surface area contributed by atoms with Crippen molar-refractivity contribution in [3.63, 3.8) is 0 Å². The number of carbonyl (C=O) groups excluding carboxylic acids is 1. The van der Waals surface area contributed by atoms with Crippen molar-refractivity contribution in [3.05, 3.63) is 38.4 Å². The second kappa shape index (κ2) is 11.0. The number of amides is 2. The number of hydrogen-bond acceptors (Lipinski definition) is 9. The molecule has 13 nitrogen and oxygen atoms in total. The highest BCUT2D eigenvalue weighted by Gasteiger charge is 2.33. The second-order valence-electron chi connectivity index (χ2n) is 5.63. The lowest BCUT2D eigenvalue weighted by Crippen LogP contribution is -2.49. The number of benzene rings is 1. The van der Waals surface area contributed by atoms with Gasteiger partial charge in [0, 0.05) is 17.9 Å². The summed E-state index contributed by atoms with van der Waals surface area (Å²) in [4.78, 5) is 34.3. The molecule has 0 fully saturated rings. The van der Waals surface area contributed by atoms with Gasteiger partial charge in [-0.3, -0.25) is 29.3 Å². The summed E-state index contributed by atoms with van der Waals surface area (Å²) in [5.41, 5.74) is -1.57. The number of nitro benzene ring substituents is 2. The number of nitrogens with zero attached hydrogens (tertiary/aromatic N) is 3. The van der Waals surface area contributed by atoms with Crippen molar-refractivity contribution in [1.29, 1.82) is 0 Å². The minimum atomic E-state index is -3.88. The van der Waals surface area contributed by atoms with E-state index in [1.165, 1.54) is 0 Å². The Morgan fingerprint density at radius 1 is 1.34 bits per heavy atom. The third-order valence-corrected chi connectivity index (χ3v) is 4.54. The minimum absolute atomic E-state index is 0.135. The van der Waals surface area contributed by atoms with Gasteiger partial charge in [-0.25, -0.2) is 4.79 Å². The van der Waals surface area contributed by atoms with Crippen LogP contribution in [-0.2, 0) is 14.3 Å². The van der Waals surface area contributed by atoms with Gasteiger partial charge in [0.2, 0.25) is 0 Å². The zero-order valence-electron chi connectivity index (χ0n) is 15.2. The van der Waals surface area contributed by atoms with Crippen LogP contribution in [0.4, 0.5) is 21.9 Å². The third kappa shape index (κ3) is 7.52. The SMILES string of the molecule is CS(=O)(=O)OCC(CCBr)N(C(=O)NCCO)c1ccc([N+](=O)[O-])cc1[N+](=O)[O-]. The number of non-ortho nitro benzene ring substituents is 1. The number of hydrogen-bond donors (Lipinski definition) is 2. The number of nitro groups is 2. The number of alkyl halides is 1. The van der Waals surface area contributed by atoms with E-state index >= 15 is 0 Å². The van der Waals surface area contributed by atoms with Gasteiger partial charge in [-0.1, -0.05) is 15.9 Å². The first-order valence-corrected chi connectivity index (χ1v) is 11.0. The molecule has 1 aromatic carbocycles. The van der Waals surface area contributed by atoms with E-state index in [0.717, 1.165) is 23.3 Å². The summed E-state index contributed by atoms with van der Waals surface area (Å²) in [7, 11) is -3.88. The minimum Gasteiger partial charge on any atom is -0.395 e. The maximum absolute atomic E-state index is 12.7. The number of aliphatic hydroxyl groups is 1. The van der Waals surface area contributed by atoms with Gasteiger partial charge in [0.15, 0.2) is 0 Å². The Labute approximate surface area is 174 Å². The van der Waals surface area contributed by atoms with Crippen molar-refractivity contribution in [2.75, 3.05) is 36.2 Å². The molecule has 15 heteroatoms. The van der Waals surface area contributed by atoms with Gasteiger partial charge in [-0.05, 0) is 12.5 Å². The van der Waals surface area contributed by atoms with Crippen LogP contribution in [0.15, 0.2) is 18.2 Å².